The molecule has 2 N–H and O–H groups in total. The van der Waals surface area contributed by atoms with E-state index in [0.29, 0.717) is 18.6 Å². The molecule has 0 aliphatic carbocycles. The summed E-state index contributed by atoms with van der Waals surface area (Å²) in [5, 5.41) is 12.8. The van der Waals surface area contributed by atoms with Crippen LogP contribution in [0.5, 0.6) is 0 Å². The molecule has 22 heavy (non-hydrogen) atoms. The number of pyridine rings is 1. The van der Waals surface area contributed by atoms with Crippen LogP contribution in [0.1, 0.15) is 23.2 Å². The minimum atomic E-state index is -0.950. The molecule has 1 aliphatic rings. The van der Waals surface area contributed by atoms with Gasteiger partial charge in [-0.3, -0.25) is 14.6 Å². The van der Waals surface area contributed by atoms with Gasteiger partial charge in [-0.25, -0.2) is 0 Å². The van der Waals surface area contributed by atoms with Crippen LogP contribution in [0.2, 0.25) is 0 Å². The van der Waals surface area contributed by atoms with Gasteiger partial charge in [0.2, 0.25) is 0 Å². The monoisotopic (exact) mass is 300 g/mol. The Labute approximate surface area is 127 Å². The van der Waals surface area contributed by atoms with E-state index in [1.165, 1.54) is 0 Å². The van der Waals surface area contributed by atoms with Crippen molar-refractivity contribution in [2.45, 2.75) is 18.4 Å². The van der Waals surface area contributed by atoms with Crippen molar-refractivity contribution >= 4 is 22.8 Å². The van der Waals surface area contributed by atoms with Crippen molar-refractivity contribution < 1.29 is 19.4 Å². The number of amides is 1. The third-order valence-corrected chi connectivity index (χ3v) is 3.84. The van der Waals surface area contributed by atoms with Gasteiger partial charge in [-0.1, -0.05) is 6.07 Å². The van der Waals surface area contributed by atoms with E-state index in [2.05, 4.69) is 10.3 Å². The van der Waals surface area contributed by atoms with Crippen LogP contribution in [0.4, 0.5) is 0 Å². The van der Waals surface area contributed by atoms with Gasteiger partial charge in [0.25, 0.3) is 5.91 Å². The molecule has 114 valence electrons. The highest BCUT2D eigenvalue weighted by Crippen LogP contribution is 2.24. The Morgan fingerprint density at radius 3 is 2.95 bits per heavy atom. The van der Waals surface area contributed by atoms with Crippen LogP contribution in [0.25, 0.3) is 10.9 Å². The minimum Gasteiger partial charge on any atom is -0.481 e. The molecule has 2 heterocycles. The molecule has 3 rings (SSSR count). The lowest BCUT2D eigenvalue weighted by atomic mass is 9.93. The van der Waals surface area contributed by atoms with E-state index in [4.69, 9.17) is 9.84 Å². The fourth-order valence-corrected chi connectivity index (χ4v) is 2.71. The third kappa shape index (κ3) is 2.92. The number of hydrogen-bond acceptors (Lipinski definition) is 4. The van der Waals surface area contributed by atoms with Crippen molar-refractivity contribution in [2.24, 2.45) is 0 Å². The Bertz CT molecular complexity index is 723. The van der Waals surface area contributed by atoms with E-state index in [0.717, 1.165) is 10.9 Å². The molecule has 0 spiro atoms. The number of carboxylic acids is 1. The molecule has 1 fully saturated rings. The summed E-state index contributed by atoms with van der Waals surface area (Å²) in [7, 11) is 0. The van der Waals surface area contributed by atoms with Gasteiger partial charge in [-0.15, -0.1) is 0 Å². The van der Waals surface area contributed by atoms with Crippen LogP contribution in [-0.2, 0) is 9.53 Å². The molecule has 1 aliphatic heterocycles. The number of ether oxygens (including phenoxy) is 1. The summed E-state index contributed by atoms with van der Waals surface area (Å²) in [6, 6.07) is 8.90. The maximum atomic E-state index is 12.5. The van der Waals surface area contributed by atoms with Crippen molar-refractivity contribution in [1.29, 1.82) is 0 Å². The van der Waals surface area contributed by atoms with Gasteiger partial charge in [-0.05, 0) is 30.7 Å². The molecule has 0 bridgehead atoms. The number of rotatable bonds is 4. The molecular weight excluding hydrogens is 284 g/mol. The maximum absolute atomic E-state index is 12.5. The summed E-state index contributed by atoms with van der Waals surface area (Å²) in [6.45, 7) is 0.676. The van der Waals surface area contributed by atoms with Crippen LogP contribution in [-0.4, -0.2) is 40.7 Å². The summed E-state index contributed by atoms with van der Waals surface area (Å²) >= 11 is 0. The van der Waals surface area contributed by atoms with Crippen molar-refractivity contribution in [2.75, 3.05) is 13.2 Å². The number of aromatic nitrogens is 1. The van der Waals surface area contributed by atoms with E-state index in [9.17, 15) is 9.59 Å². The van der Waals surface area contributed by atoms with Crippen LogP contribution in [0.15, 0.2) is 36.5 Å². The van der Waals surface area contributed by atoms with Gasteiger partial charge in [0.05, 0.1) is 24.1 Å². The fourth-order valence-electron chi connectivity index (χ4n) is 2.71. The number of hydrogen-bond donors (Lipinski definition) is 2. The number of carbonyl (C=O) groups is 2. The van der Waals surface area contributed by atoms with Gasteiger partial charge < -0.3 is 15.2 Å². The Kier molecular flexibility index (Phi) is 3.77. The predicted octanol–water partition coefficient (Wildman–Crippen LogP) is 1.60. The first-order valence-electron chi connectivity index (χ1n) is 7.05. The van der Waals surface area contributed by atoms with Crippen molar-refractivity contribution in [3.63, 3.8) is 0 Å². The average molecular weight is 300 g/mol. The number of carbonyl (C=O) groups excluding carboxylic acids is 1. The van der Waals surface area contributed by atoms with Gasteiger partial charge >= 0.3 is 5.97 Å². The smallest absolute Gasteiger partial charge is 0.305 e. The predicted molar refractivity (Wildman–Crippen MR) is 79.6 cm³/mol. The number of nitrogens with one attached hydrogen (secondary N) is 1. The largest absolute Gasteiger partial charge is 0.481 e. The zero-order valence-electron chi connectivity index (χ0n) is 11.9. The Balaban J connectivity index is 1.83. The highest BCUT2D eigenvalue weighted by molar-refractivity contribution is 5.98. The van der Waals surface area contributed by atoms with E-state index in [1.54, 1.807) is 30.5 Å². The van der Waals surface area contributed by atoms with Crippen molar-refractivity contribution in [3.05, 3.63) is 42.1 Å². The first-order chi connectivity index (χ1) is 10.6. The van der Waals surface area contributed by atoms with Crippen molar-refractivity contribution in [1.82, 2.24) is 10.3 Å². The quantitative estimate of drug-likeness (QED) is 0.895. The second-order valence-electron chi connectivity index (χ2n) is 5.52. The lowest BCUT2D eigenvalue weighted by molar-refractivity contribution is -0.138. The second kappa shape index (κ2) is 5.73. The number of carboxylic acid groups (broad SMARTS) is 1. The molecule has 1 aromatic heterocycles. The highest BCUT2D eigenvalue weighted by Gasteiger charge is 2.38. The van der Waals surface area contributed by atoms with Crippen LogP contribution in [0, 0.1) is 0 Å². The molecule has 6 nitrogen and oxygen atoms in total. The molecular formula is C16H16N2O4. The Hall–Kier alpha value is -2.47. The number of nitrogens with zero attached hydrogens (tertiary/aromatic N) is 1. The summed E-state index contributed by atoms with van der Waals surface area (Å²) in [4.78, 5) is 27.7. The Morgan fingerprint density at radius 1 is 1.36 bits per heavy atom. The van der Waals surface area contributed by atoms with Crippen LogP contribution < -0.4 is 5.32 Å². The molecule has 1 saturated heterocycles. The molecule has 2 aromatic rings. The standard InChI is InChI=1S/C16H16N2O4/c19-14(20)9-16(5-7-22-10-16)18-15(21)12-3-4-13-11(8-12)2-1-6-17-13/h1-4,6,8H,5,7,9-10H2,(H,18,21)(H,19,20). The molecule has 0 radical (unpaired) electrons. The molecule has 0 saturated carbocycles. The van der Waals surface area contributed by atoms with Gasteiger partial charge in [0.1, 0.15) is 0 Å². The summed E-state index contributed by atoms with van der Waals surface area (Å²) in [5.74, 6) is -1.24. The molecule has 1 atom stereocenters. The van der Waals surface area contributed by atoms with E-state index >= 15 is 0 Å². The molecule has 6 heteroatoms. The first-order valence-corrected chi connectivity index (χ1v) is 7.05. The summed E-state index contributed by atoms with van der Waals surface area (Å²) < 4.78 is 5.28. The number of benzene rings is 1. The fraction of sp³-hybridized carbons (Fsp3) is 0.312. The van der Waals surface area contributed by atoms with E-state index in [1.807, 2.05) is 6.07 Å². The van der Waals surface area contributed by atoms with Crippen LogP contribution >= 0.6 is 0 Å². The second-order valence-corrected chi connectivity index (χ2v) is 5.52. The first kappa shape index (κ1) is 14.5. The van der Waals surface area contributed by atoms with Gasteiger partial charge in [-0.2, -0.15) is 0 Å². The van der Waals surface area contributed by atoms with Crippen molar-refractivity contribution in [3.8, 4) is 0 Å². The lowest BCUT2D eigenvalue weighted by Gasteiger charge is -2.27. The lowest BCUT2D eigenvalue weighted by Crippen LogP contribution is -2.50. The topological polar surface area (TPSA) is 88.5 Å². The molecule has 1 unspecified atom stereocenters. The van der Waals surface area contributed by atoms with E-state index < -0.39 is 11.5 Å². The molecule has 1 aromatic carbocycles. The number of aliphatic carboxylic acids is 1. The Morgan fingerprint density at radius 2 is 2.23 bits per heavy atom. The van der Waals surface area contributed by atoms with Crippen LogP contribution in [0.3, 0.4) is 0 Å². The SMILES string of the molecule is O=C(O)CC1(NC(=O)c2ccc3ncccc3c2)CCOC1. The minimum absolute atomic E-state index is 0.145. The molecule has 1 amide bonds. The van der Waals surface area contributed by atoms with E-state index in [-0.39, 0.29) is 18.9 Å². The maximum Gasteiger partial charge on any atom is 0.305 e. The summed E-state index contributed by atoms with van der Waals surface area (Å²) in [5.41, 5.74) is 0.466. The average Bonchev–Trinajstić information content (AvgIpc) is 2.94. The van der Waals surface area contributed by atoms with Gasteiger partial charge in [0, 0.05) is 23.8 Å². The highest BCUT2D eigenvalue weighted by atomic mass is 16.5. The zero-order valence-corrected chi connectivity index (χ0v) is 11.9. The third-order valence-electron chi connectivity index (χ3n) is 3.84. The normalized spacial score (nSPS) is 20.9. The zero-order chi connectivity index (χ0) is 15.6. The number of fused-ring (bicyclic) bond motifs is 1. The summed E-state index contributed by atoms with van der Waals surface area (Å²) in [6.07, 6.45) is 2.05. The van der Waals surface area contributed by atoms with Gasteiger partial charge in [0.15, 0.2) is 0 Å².